The lowest BCUT2D eigenvalue weighted by molar-refractivity contribution is -0.143. The SMILES string of the molecule is CCOC(=O)CCNC(C)c1cnccn1. The van der Waals surface area contributed by atoms with Crippen molar-refractivity contribution < 1.29 is 9.53 Å². The van der Waals surface area contributed by atoms with Gasteiger partial charge < -0.3 is 10.1 Å². The molecule has 0 aliphatic heterocycles. The van der Waals surface area contributed by atoms with E-state index in [1.807, 2.05) is 6.92 Å². The second kappa shape index (κ2) is 6.90. The summed E-state index contributed by atoms with van der Waals surface area (Å²) in [6.45, 7) is 4.79. The fourth-order valence-corrected chi connectivity index (χ4v) is 1.26. The molecule has 1 N–H and O–H groups in total. The Labute approximate surface area is 95.3 Å². The maximum atomic E-state index is 11.1. The maximum Gasteiger partial charge on any atom is 0.307 e. The molecular formula is C11H17N3O2. The molecule has 0 saturated carbocycles. The number of nitrogens with one attached hydrogen (secondary N) is 1. The van der Waals surface area contributed by atoms with Crippen LogP contribution in [0.15, 0.2) is 18.6 Å². The van der Waals surface area contributed by atoms with Gasteiger partial charge in [0.25, 0.3) is 0 Å². The molecule has 0 aromatic carbocycles. The number of carbonyl (C=O) groups excluding carboxylic acids is 1. The van der Waals surface area contributed by atoms with E-state index < -0.39 is 0 Å². The summed E-state index contributed by atoms with van der Waals surface area (Å²) in [6.07, 6.45) is 5.37. The summed E-state index contributed by atoms with van der Waals surface area (Å²) in [7, 11) is 0. The van der Waals surface area contributed by atoms with Crippen LogP contribution >= 0.6 is 0 Å². The van der Waals surface area contributed by atoms with Gasteiger partial charge in [0.15, 0.2) is 0 Å². The van der Waals surface area contributed by atoms with Crippen LogP contribution < -0.4 is 5.32 Å². The van der Waals surface area contributed by atoms with Crippen LogP contribution in [-0.4, -0.2) is 29.1 Å². The Morgan fingerprint density at radius 2 is 2.38 bits per heavy atom. The summed E-state index contributed by atoms with van der Waals surface area (Å²) >= 11 is 0. The molecule has 1 rings (SSSR count). The van der Waals surface area contributed by atoms with Crippen molar-refractivity contribution in [1.82, 2.24) is 15.3 Å². The zero-order valence-corrected chi connectivity index (χ0v) is 9.64. The number of esters is 1. The molecule has 88 valence electrons. The van der Waals surface area contributed by atoms with E-state index in [4.69, 9.17) is 4.74 Å². The largest absolute Gasteiger partial charge is 0.466 e. The van der Waals surface area contributed by atoms with Gasteiger partial charge in [-0.05, 0) is 13.8 Å². The van der Waals surface area contributed by atoms with Gasteiger partial charge in [0, 0.05) is 31.2 Å². The third-order valence-electron chi connectivity index (χ3n) is 2.11. The summed E-state index contributed by atoms with van der Waals surface area (Å²) in [5.41, 5.74) is 0.867. The zero-order chi connectivity index (χ0) is 11.8. The average Bonchev–Trinajstić information content (AvgIpc) is 2.30. The van der Waals surface area contributed by atoms with E-state index in [1.54, 1.807) is 25.5 Å². The molecule has 1 unspecified atom stereocenters. The second-order valence-electron chi connectivity index (χ2n) is 3.36. The lowest BCUT2D eigenvalue weighted by atomic mass is 10.2. The zero-order valence-electron chi connectivity index (χ0n) is 9.64. The number of aromatic nitrogens is 2. The number of rotatable bonds is 6. The van der Waals surface area contributed by atoms with E-state index in [2.05, 4.69) is 15.3 Å². The van der Waals surface area contributed by atoms with Gasteiger partial charge in [0.05, 0.1) is 18.7 Å². The Morgan fingerprint density at radius 1 is 1.56 bits per heavy atom. The lowest BCUT2D eigenvalue weighted by Gasteiger charge is -2.11. The molecule has 0 fully saturated rings. The van der Waals surface area contributed by atoms with E-state index in [0.717, 1.165) is 5.69 Å². The van der Waals surface area contributed by atoms with Crippen molar-refractivity contribution in [2.24, 2.45) is 0 Å². The van der Waals surface area contributed by atoms with Gasteiger partial charge >= 0.3 is 5.97 Å². The van der Waals surface area contributed by atoms with Crippen LogP contribution in [0, 0.1) is 0 Å². The van der Waals surface area contributed by atoms with Gasteiger partial charge in [-0.3, -0.25) is 14.8 Å². The summed E-state index contributed by atoms with van der Waals surface area (Å²) in [5, 5.41) is 3.18. The molecule has 5 nitrogen and oxygen atoms in total. The fourth-order valence-electron chi connectivity index (χ4n) is 1.26. The molecule has 0 amide bonds. The summed E-state index contributed by atoms with van der Waals surface area (Å²) < 4.78 is 4.82. The molecule has 1 heterocycles. The van der Waals surface area contributed by atoms with Crippen LogP contribution in [0.5, 0.6) is 0 Å². The van der Waals surface area contributed by atoms with Crippen molar-refractivity contribution >= 4 is 5.97 Å². The standard InChI is InChI=1S/C11H17N3O2/c1-3-16-11(15)4-5-13-9(2)10-8-12-6-7-14-10/h6-9,13H,3-5H2,1-2H3. The minimum absolute atomic E-state index is 0.0862. The van der Waals surface area contributed by atoms with Gasteiger partial charge in [-0.25, -0.2) is 0 Å². The predicted molar refractivity (Wildman–Crippen MR) is 59.7 cm³/mol. The van der Waals surface area contributed by atoms with Gasteiger partial charge in [-0.2, -0.15) is 0 Å². The van der Waals surface area contributed by atoms with E-state index in [-0.39, 0.29) is 12.0 Å². The molecule has 16 heavy (non-hydrogen) atoms. The quantitative estimate of drug-likeness (QED) is 0.731. The highest BCUT2D eigenvalue weighted by molar-refractivity contribution is 5.69. The van der Waals surface area contributed by atoms with E-state index in [0.29, 0.717) is 19.6 Å². The molecule has 5 heteroatoms. The second-order valence-corrected chi connectivity index (χ2v) is 3.36. The summed E-state index contributed by atoms with van der Waals surface area (Å²) in [6, 6.07) is 0.0862. The molecule has 0 radical (unpaired) electrons. The minimum atomic E-state index is -0.179. The molecule has 0 aliphatic carbocycles. The predicted octanol–water partition coefficient (Wildman–Crippen LogP) is 1.08. The number of ether oxygens (including phenoxy) is 1. The number of nitrogens with zero attached hydrogens (tertiary/aromatic N) is 2. The van der Waals surface area contributed by atoms with Gasteiger partial charge in [0.1, 0.15) is 0 Å². The van der Waals surface area contributed by atoms with Gasteiger partial charge in [0.2, 0.25) is 0 Å². The fraction of sp³-hybridized carbons (Fsp3) is 0.545. The first-order valence-electron chi connectivity index (χ1n) is 5.39. The molecule has 1 aromatic rings. The highest BCUT2D eigenvalue weighted by Gasteiger charge is 2.07. The van der Waals surface area contributed by atoms with Crippen LogP contribution in [0.3, 0.4) is 0 Å². The minimum Gasteiger partial charge on any atom is -0.466 e. The Hall–Kier alpha value is -1.49. The molecular weight excluding hydrogens is 206 g/mol. The van der Waals surface area contributed by atoms with Gasteiger partial charge in [-0.1, -0.05) is 0 Å². The normalized spacial score (nSPS) is 12.1. The van der Waals surface area contributed by atoms with E-state index in [1.165, 1.54) is 0 Å². The third-order valence-corrected chi connectivity index (χ3v) is 2.11. The Bertz CT molecular complexity index is 316. The average molecular weight is 223 g/mol. The number of carbonyl (C=O) groups is 1. The lowest BCUT2D eigenvalue weighted by Crippen LogP contribution is -2.23. The highest BCUT2D eigenvalue weighted by atomic mass is 16.5. The topological polar surface area (TPSA) is 64.1 Å². The van der Waals surface area contributed by atoms with E-state index >= 15 is 0 Å². The van der Waals surface area contributed by atoms with Crippen LogP contribution in [0.4, 0.5) is 0 Å². The van der Waals surface area contributed by atoms with Crippen LogP contribution in [0.2, 0.25) is 0 Å². The van der Waals surface area contributed by atoms with E-state index in [9.17, 15) is 4.79 Å². The summed E-state index contributed by atoms with van der Waals surface area (Å²) in [4.78, 5) is 19.2. The first-order chi connectivity index (χ1) is 7.74. The molecule has 0 aliphatic rings. The van der Waals surface area contributed by atoms with Crippen molar-refractivity contribution in [3.05, 3.63) is 24.3 Å². The van der Waals surface area contributed by atoms with Crippen molar-refractivity contribution in [3.8, 4) is 0 Å². The monoisotopic (exact) mass is 223 g/mol. The molecule has 0 spiro atoms. The van der Waals surface area contributed by atoms with Gasteiger partial charge in [-0.15, -0.1) is 0 Å². The Kier molecular flexibility index (Phi) is 5.42. The highest BCUT2D eigenvalue weighted by Crippen LogP contribution is 2.05. The van der Waals surface area contributed by atoms with Crippen molar-refractivity contribution in [2.45, 2.75) is 26.3 Å². The first-order valence-corrected chi connectivity index (χ1v) is 5.39. The smallest absolute Gasteiger partial charge is 0.307 e. The first kappa shape index (κ1) is 12.6. The van der Waals surface area contributed by atoms with Crippen LogP contribution in [-0.2, 0) is 9.53 Å². The molecule has 1 atom stereocenters. The molecule has 0 bridgehead atoms. The van der Waals surface area contributed by atoms with Crippen LogP contribution in [0.25, 0.3) is 0 Å². The maximum absolute atomic E-state index is 11.1. The van der Waals surface area contributed by atoms with Crippen LogP contribution in [0.1, 0.15) is 32.0 Å². The van der Waals surface area contributed by atoms with Crippen molar-refractivity contribution in [2.75, 3.05) is 13.2 Å². The number of hydrogen-bond acceptors (Lipinski definition) is 5. The number of hydrogen-bond donors (Lipinski definition) is 1. The molecule has 1 aromatic heterocycles. The third kappa shape index (κ3) is 4.35. The molecule has 0 saturated heterocycles. The Balaban J connectivity index is 2.26. The van der Waals surface area contributed by atoms with Crippen molar-refractivity contribution in [3.63, 3.8) is 0 Å². The van der Waals surface area contributed by atoms with Crippen molar-refractivity contribution in [1.29, 1.82) is 0 Å². The summed E-state index contributed by atoms with van der Waals surface area (Å²) in [5.74, 6) is -0.179. The Morgan fingerprint density at radius 3 is 3.00 bits per heavy atom.